The van der Waals surface area contributed by atoms with E-state index in [1.165, 1.54) is 0 Å². The molecule has 0 aromatic rings. The Morgan fingerprint density at radius 3 is 3.25 bits per heavy atom. The van der Waals surface area contributed by atoms with Gasteiger partial charge in [-0.15, -0.1) is 0 Å². The first-order chi connectivity index (χ1) is 5.62. The van der Waals surface area contributed by atoms with Crippen LogP contribution in [-0.4, -0.2) is 43.2 Å². The molecule has 0 aromatic carbocycles. The maximum atomic E-state index is 13.9. The summed E-state index contributed by atoms with van der Waals surface area (Å²) in [6.07, 6.45) is 0.652. The highest BCUT2D eigenvalue weighted by molar-refractivity contribution is 5.82. The highest BCUT2D eigenvalue weighted by Gasteiger charge is 2.51. The van der Waals surface area contributed by atoms with Gasteiger partial charge in [-0.05, 0) is 20.0 Å². The standard InChI is InChI=1S/C8H13FN2O/c1-11-3-2-6-7(12)10-4-8(6,9)5-11/h6H,2-5H2,1H3,(H,10,12)/t6-,8+/m1/s1. The average Bonchev–Trinajstić information content (AvgIpc) is 2.27. The van der Waals surface area contributed by atoms with Gasteiger partial charge in [0.15, 0.2) is 5.67 Å². The van der Waals surface area contributed by atoms with Gasteiger partial charge in [0.05, 0.1) is 12.5 Å². The van der Waals surface area contributed by atoms with Crippen LogP contribution in [0.4, 0.5) is 4.39 Å². The van der Waals surface area contributed by atoms with Crippen LogP contribution >= 0.6 is 0 Å². The molecule has 0 radical (unpaired) electrons. The lowest BCUT2D eigenvalue weighted by molar-refractivity contribution is -0.126. The van der Waals surface area contributed by atoms with Crippen LogP contribution in [0.5, 0.6) is 0 Å². The summed E-state index contributed by atoms with van der Waals surface area (Å²) in [7, 11) is 1.89. The van der Waals surface area contributed by atoms with Gasteiger partial charge in [-0.3, -0.25) is 4.79 Å². The summed E-state index contributed by atoms with van der Waals surface area (Å²) in [6, 6.07) is 0. The number of rotatable bonds is 0. The zero-order chi connectivity index (χ0) is 8.77. The Bertz CT molecular complexity index is 221. The van der Waals surface area contributed by atoms with E-state index in [2.05, 4.69) is 5.32 Å². The molecule has 0 aromatic heterocycles. The molecule has 2 aliphatic rings. The van der Waals surface area contributed by atoms with E-state index in [9.17, 15) is 9.18 Å². The fourth-order valence-electron chi connectivity index (χ4n) is 2.15. The lowest BCUT2D eigenvalue weighted by Crippen LogP contribution is -2.49. The van der Waals surface area contributed by atoms with Gasteiger partial charge >= 0.3 is 0 Å². The van der Waals surface area contributed by atoms with Gasteiger partial charge in [-0.25, -0.2) is 4.39 Å². The Kier molecular flexibility index (Phi) is 1.61. The Morgan fingerprint density at radius 2 is 2.50 bits per heavy atom. The van der Waals surface area contributed by atoms with Crippen LogP contribution in [0.3, 0.4) is 0 Å². The SMILES string of the molecule is CN1CC[C@@H]2C(=O)NC[C@]2(F)C1. The van der Waals surface area contributed by atoms with E-state index < -0.39 is 11.6 Å². The first-order valence-electron chi connectivity index (χ1n) is 4.27. The Labute approximate surface area is 70.9 Å². The topological polar surface area (TPSA) is 32.3 Å². The zero-order valence-electron chi connectivity index (χ0n) is 7.14. The van der Waals surface area contributed by atoms with Crippen LogP contribution in [0.2, 0.25) is 0 Å². The maximum absolute atomic E-state index is 13.9. The van der Waals surface area contributed by atoms with E-state index in [1.807, 2.05) is 11.9 Å². The van der Waals surface area contributed by atoms with Gasteiger partial charge in [0.2, 0.25) is 5.91 Å². The fraction of sp³-hybridized carbons (Fsp3) is 0.875. The second-order valence-electron chi connectivity index (χ2n) is 3.83. The molecule has 2 heterocycles. The highest BCUT2D eigenvalue weighted by Crippen LogP contribution is 2.34. The molecule has 1 N–H and O–H groups in total. The van der Waals surface area contributed by atoms with Gasteiger partial charge < -0.3 is 10.2 Å². The normalized spacial score (nSPS) is 42.5. The van der Waals surface area contributed by atoms with Crippen LogP contribution < -0.4 is 5.32 Å². The van der Waals surface area contributed by atoms with Crippen molar-refractivity contribution in [2.24, 2.45) is 5.92 Å². The van der Waals surface area contributed by atoms with Gasteiger partial charge in [0.1, 0.15) is 0 Å². The predicted octanol–water partition coefficient (Wildman–Crippen LogP) is -0.224. The van der Waals surface area contributed by atoms with Crippen molar-refractivity contribution in [3.63, 3.8) is 0 Å². The summed E-state index contributed by atoms with van der Waals surface area (Å²) in [5.74, 6) is -0.501. The van der Waals surface area contributed by atoms with Crippen LogP contribution in [0.25, 0.3) is 0 Å². The second kappa shape index (κ2) is 2.42. The van der Waals surface area contributed by atoms with E-state index in [-0.39, 0.29) is 12.5 Å². The molecule has 12 heavy (non-hydrogen) atoms. The Balaban J connectivity index is 2.19. The molecule has 0 saturated carbocycles. The van der Waals surface area contributed by atoms with E-state index >= 15 is 0 Å². The quantitative estimate of drug-likeness (QED) is 0.547. The number of nitrogens with zero attached hydrogens (tertiary/aromatic N) is 1. The molecule has 0 spiro atoms. The van der Waals surface area contributed by atoms with Crippen molar-refractivity contribution >= 4 is 5.91 Å². The molecule has 2 aliphatic heterocycles. The highest BCUT2D eigenvalue weighted by atomic mass is 19.1. The average molecular weight is 172 g/mol. The molecule has 2 rings (SSSR count). The van der Waals surface area contributed by atoms with Crippen molar-refractivity contribution in [3.05, 3.63) is 0 Å². The van der Waals surface area contributed by atoms with E-state index in [0.717, 1.165) is 6.54 Å². The number of amides is 1. The number of nitrogens with one attached hydrogen (secondary N) is 1. The number of halogens is 1. The van der Waals surface area contributed by atoms with Gasteiger partial charge in [0, 0.05) is 6.54 Å². The number of alkyl halides is 1. The molecule has 0 bridgehead atoms. The van der Waals surface area contributed by atoms with Crippen LogP contribution in [-0.2, 0) is 4.79 Å². The summed E-state index contributed by atoms with van der Waals surface area (Å²) < 4.78 is 13.9. The summed E-state index contributed by atoms with van der Waals surface area (Å²) in [5, 5.41) is 2.58. The molecular weight excluding hydrogens is 159 g/mol. The molecule has 68 valence electrons. The molecule has 1 amide bonds. The third-order valence-corrected chi connectivity index (χ3v) is 2.83. The number of likely N-dealkylation sites (tertiary alicyclic amines) is 1. The Hall–Kier alpha value is -0.640. The molecule has 4 heteroatoms. The molecule has 2 atom stereocenters. The molecular formula is C8H13FN2O. The molecule has 2 fully saturated rings. The van der Waals surface area contributed by atoms with Crippen LogP contribution in [0.1, 0.15) is 6.42 Å². The molecule has 2 saturated heterocycles. The van der Waals surface area contributed by atoms with Crippen LogP contribution in [0, 0.1) is 5.92 Å². The third-order valence-electron chi connectivity index (χ3n) is 2.83. The fourth-order valence-corrected chi connectivity index (χ4v) is 2.15. The summed E-state index contributed by atoms with van der Waals surface area (Å²) in [6.45, 7) is 1.40. The second-order valence-corrected chi connectivity index (χ2v) is 3.83. The largest absolute Gasteiger partial charge is 0.352 e. The minimum atomic E-state index is -1.30. The van der Waals surface area contributed by atoms with Gasteiger partial charge in [0.25, 0.3) is 0 Å². The number of fused-ring (bicyclic) bond motifs is 1. The van der Waals surface area contributed by atoms with Crippen molar-refractivity contribution in [1.82, 2.24) is 10.2 Å². The van der Waals surface area contributed by atoms with Gasteiger partial charge in [-0.2, -0.15) is 0 Å². The third kappa shape index (κ3) is 1.02. The maximum Gasteiger partial charge on any atom is 0.226 e. The lowest BCUT2D eigenvalue weighted by atomic mass is 9.85. The van der Waals surface area contributed by atoms with Crippen molar-refractivity contribution in [3.8, 4) is 0 Å². The first-order valence-corrected chi connectivity index (χ1v) is 4.27. The zero-order valence-corrected chi connectivity index (χ0v) is 7.14. The number of piperidine rings is 1. The van der Waals surface area contributed by atoms with Crippen molar-refractivity contribution in [2.75, 3.05) is 26.7 Å². The number of carbonyl (C=O) groups excluding carboxylic acids is 1. The number of carbonyl (C=O) groups is 1. The smallest absolute Gasteiger partial charge is 0.226 e. The van der Waals surface area contributed by atoms with E-state index in [0.29, 0.717) is 13.0 Å². The van der Waals surface area contributed by atoms with Crippen molar-refractivity contribution < 1.29 is 9.18 Å². The molecule has 0 unspecified atom stereocenters. The first kappa shape index (κ1) is 7.98. The van der Waals surface area contributed by atoms with Crippen molar-refractivity contribution in [2.45, 2.75) is 12.1 Å². The monoisotopic (exact) mass is 172 g/mol. The minimum Gasteiger partial charge on any atom is -0.352 e. The molecule has 3 nitrogen and oxygen atoms in total. The summed E-state index contributed by atoms with van der Waals surface area (Å²) in [4.78, 5) is 13.1. The lowest BCUT2D eigenvalue weighted by Gasteiger charge is -2.35. The van der Waals surface area contributed by atoms with E-state index in [1.54, 1.807) is 0 Å². The minimum absolute atomic E-state index is 0.106. The van der Waals surface area contributed by atoms with Gasteiger partial charge in [-0.1, -0.05) is 0 Å². The summed E-state index contributed by atoms with van der Waals surface area (Å²) in [5.41, 5.74) is -1.30. The number of hydrogen-bond donors (Lipinski definition) is 1. The summed E-state index contributed by atoms with van der Waals surface area (Å²) >= 11 is 0. The van der Waals surface area contributed by atoms with Crippen LogP contribution in [0.15, 0.2) is 0 Å². The Morgan fingerprint density at radius 1 is 1.75 bits per heavy atom. The van der Waals surface area contributed by atoms with E-state index in [4.69, 9.17) is 0 Å². The predicted molar refractivity (Wildman–Crippen MR) is 42.5 cm³/mol. The van der Waals surface area contributed by atoms with Crippen molar-refractivity contribution in [1.29, 1.82) is 0 Å². The number of hydrogen-bond acceptors (Lipinski definition) is 2. The molecule has 0 aliphatic carbocycles.